The molecule has 19 heavy (non-hydrogen) atoms. The first-order chi connectivity index (χ1) is 8.93. The Bertz CT molecular complexity index is 456. The van der Waals surface area contributed by atoms with Crippen molar-refractivity contribution in [3.8, 4) is 5.75 Å². The Morgan fingerprint density at radius 1 is 1.11 bits per heavy atom. The molecule has 0 aliphatic rings. The molecule has 1 aromatic rings. The van der Waals surface area contributed by atoms with Crippen molar-refractivity contribution in [2.24, 2.45) is 0 Å². The van der Waals surface area contributed by atoms with E-state index in [1.807, 2.05) is 26.0 Å². The number of hydrogen-bond acceptors (Lipinski definition) is 5. The van der Waals surface area contributed by atoms with Gasteiger partial charge in [-0.1, -0.05) is 0 Å². The van der Waals surface area contributed by atoms with E-state index in [0.717, 1.165) is 16.7 Å². The molecule has 0 amide bonds. The number of hydrogen-bond donors (Lipinski definition) is 0. The van der Waals surface area contributed by atoms with Gasteiger partial charge in [0.2, 0.25) is 0 Å². The maximum Gasteiger partial charge on any atom is 0.513 e. The Morgan fingerprint density at radius 2 is 1.68 bits per heavy atom. The van der Waals surface area contributed by atoms with Gasteiger partial charge < -0.3 is 14.2 Å². The topological polar surface area (TPSA) is 61.8 Å². The molecular formula is C14H18O5. The number of benzene rings is 1. The second-order valence-corrected chi connectivity index (χ2v) is 4.12. The highest BCUT2D eigenvalue weighted by molar-refractivity contribution is 5.66. The fourth-order valence-corrected chi connectivity index (χ4v) is 1.70. The second-order valence-electron chi connectivity index (χ2n) is 4.12. The van der Waals surface area contributed by atoms with Gasteiger partial charge in [0, 0.05) is 6.92 Å². The molecule has 0 aliphatic carbocycles. The Morgan fingerprint density at radius 3 is 2.16 bits per heavy atom. The van der Waals surface area contributed by atoms with Crippen LogP contribution in [0.2, 0.25) is 0 Å². The number of rotatable bonds is 4. The minimum atomic E-state index is -0.721. The molecule has 0 bridgehead atoms. The summed E-state index contributed by atoms with van der Waals surface area (Å²) in [6.07, 6.45) is -0.721. The normalized spacial score (nSPS) is 9.89. The lowest BCUT2D eigenvalue weighted by Gasteiger charge is -2.12. The van der Waals surface area contributed by atoms with Gasteiger partial charge >= 0.3 is 12.1 Å². The zero-order valence-corrected chi connectivity index (χ0v) is 11.6. The summed E-state index contributed by atoms with van der Waals surface area (Å²) in [5.41, 5.74) is 2.42. The summed E-state index contributed by atoms with van der Waals surface area (Å²) in [5, 5.41) is 0. The van der Waals surface area contributed by atoms with E-state index in [1.54, 1.807) is 6.92 Å². The van der Waals surface area contributed by atoms with E-state index in [4.69, 9.17) is 14.2 Å². The summed E-state index contributed by atoms with van der Waals surface area (Å²) in [5.74, 6) is 0.146. The van der Waals surface area contributed by atoms with Gasteiger partial charge in [-0.05, 0) is 49.6 Å². The highest BCUT2D eigenvalue weighted by Crippen LogP contribution is 2.25. The quantitative estimate of drug-likeness (QED) is 0.619. The average molecular weight is 266 g/mol. The van der Waals surface area contributed by atoms with E-state index in [1.165, 1.54) is 6.92 Å². The van der Waals surface area contributed by atoms with Crippen molar-refractivity contribution in [1.29, 1.82) is 0 Å². The third kappa shape index (κ3) is 4.62. The van der Waals surface area contributed by atoms with Crippen molar-refractivity contribution in [1.82, 2.24) is 0 Å². The van der Waals surface area contributed by atoms with Crippen molar-refractivity contribution >= 4 is 12.1 Å². The van der Waals surface area contributed by atoms with Gasteiger partial charge in [0.15, 0.2) is 0 Å². The molecule has 0 saturated carbocycles. The standard InChI is InChI=1S/C14H18O5/c1-5-17-14(16)19-13-9(2)6-12(7-10(13)3)8-18-11(4)15/h6-7H,5,8H2,1-4H3. The second kappa shape index (κ2) is 6.78. The van der Waals surface area contributed by atoms with Crippen LogP contribution in [0.3, 0.4) is 0 Å². The summed E-state index contributed by atoms with van der Waals surface area (Å²) < 4.78 is 14.8. The van der Waals surface area contributed by atoms with E-state index in [0.29, 0.717) is 5.75 Å². The molecule has 0 aliphatic heterocycles. The molecule has 0 spiro atoms. The Labute approximate surface area is 112 Å². The fourth-order valence-electron chi connectivity index (χ4n) is 1.70. The van der Waals surface area contributed by atoms with Gasteiger partial charge in [-0.3, -0.25) is 4.79 Å². The molecule has 0 saturated heterocycles. The van der Waals surface area contributed by atoms with Crippen LogP contribution in [0, 0.1) is 13.8 Å². The summed E-state index contributed by atoms with van der Waals surface area (Å²) in [6, 6.07) is 3.62. The number of ether oxygens (including phenoxy) is 3. The number of carbonyl (C=O) groups is 2. The molecule has 1 rings (SSSR count). The highest BCUT2D eigenvalue weighted by atomic mass is 16.7. The number of carbonyl (C=O) groups excluding carboxylic acids is 2. The molecule has 0 fully saturated rings. The highest BCUT2D eigenvalue weighted by Gasteiger charge is 2.12. The molecule has 0 aromatic heterocycles. The molecule has 0 radical (unpaired) electrons. The first-order valence-corrected chi connectivity index (χ1v) is 6.02. The van der Waals surface area contributed by atoms with E-state index in [9.17, 15) is 9.59 Å². The van der Waals surface area contributed by atoms with Crippen LogP contribution >= 0.6 is 0 Å². The molecule has 104 valence electrons. The van der Waals surface area contributed by atoms with Gasteiger partial charge in [-0.15, -0.1) is 0 Å². The van der Waals surface area contributed by atoms with Crippen LogP contribution in [0.25, 0.3) is 0 Å². The first-order valence-electron chi connectivity index (χ1n) is 6.02. The molecule has 0 unspecified atom stereocenters. The lowest BCUT2D eigenvalue weighted by Crippen LogP contribution is -2.12. The van der Waals surface area contributed by atoms with Gasteiger partial charge in [0.05, 0.1) is 6.61 Å². The Kier molecular flexibility index (Phi) is 5.36. The molecule has 1 aromatic carbocycles. The van der Waals surface area contributed by atoms with Gasteiger partial charge in [0.1, 0.15) is 12.4 Å². The van der Waals surface area contributed by atoms with E-state index >= 15 is 0 Å². The predicted octanol–water partition coefficient (Wildman–Crippen LogP) is 2.90. The lowest BCUT2D eigenvalue weighted by atomic mass is 10.1. The van der Waals surface area contributed by atoms with E-state index in [-0.39, 0.29) is 19.2 Å². The number of esters is 1. The maximum atomic E-state index is 11.3. The lowest BCUT2D eigenvalue weighted by molar-refractivity contribution is -0.142. The summed E-state index contributed by atoms with van der Waals surface area (Å²) in [7, 11) is 0. The van der Waals surface area contributed by atoms with E-state index in [2.05, 4.69) is 0 Å². The average Bonchev–Trinajstić information content (AvgIpc) is 2.31. The Hall–Kier alpha value is -2.04. The first kappa shape index (κ1) is 15.0. The van der Waals surface area contributed by atoms with Crippen LogP contribution in [-0.2, 0) is 20.9 Å². The van der Waals surface area contributed by atoms with Gasteiger partial charge in [0.25, 0.3) is 0 Å². The summed E-state index contributed by atoms with van der Waals surface area (Å²) in [6.45, 7) is 7.18. The van der Waals surface area contributed by atoms with Crippen LogP contribution in [0.1, 0.15) is 30.5 Å². The van der Waals surface area contributed by atoms with Crippen LogP contribution in [0.5, 0.6) is 5.75 Å². The minimum absolute atomic E-state index is 0.205. The number of aryl methyl sites for hydroxylation is 2. The SMILES string of the molecule is CCOC(=O)Oc1c(C)cc(COC(C)=O)cc1C. The zero-order chi connectivity index (χ0) is 14.4. The van der Waals surface area contributed by atoms with Crippen LogP contribution in [-0.4, -0.2) is 18.7 Å². The third-order valence-electron chi connectivity index (χ3n) is 2.41. The molecule has 5 nitrogen and oxygen atoms in total. The van der Waals surface area contributed by atoms with Gasteiger partial charge in [-0.25, -0.2) is 4.79 Å². The summed E-state index contributed by atoms with van der Waals surface area (Å²) >= 11 is 0. The maximum absolute atomic E-state index is 11.3. The monoisotopic (exact) mass is 266 g/mol. The van der Waals surface area contributed by atoms with Crippen molar-refractivity contribution in [3.05, 3.63) is 28.8 Å². The zero-order valence-electron chi connectivity index (χ0n) is 11.6. The third-order valence-corrected chi connectivity index (χ3v) is 2.41. The summed E-state index contributed by atoms with van der Waals surface area (Å²) in [4.78, 5) is 22.1. The minimum Gasteiger partial charge on any atom is -0.461 e. The van der Waals surface area contributed by atoms with E-state index < -0.39 is 6.16 Å². The smallest absolute Gasteiger partial charge is 0.461 e. The van der Waals surface area contributed by atoms with Crippen LogP contribution in [0.4, 0.5) is 4.79 Å². The molecule has 0 atom stereocenters. The van der Waals surface area contributed by atoms with Crippen molar-refractivity contribution < 1.29 is 23.8 Å². The molecule has 0 heterocycles. The molecule has 5 heteroatoms. The van der Waals surface area contributed by atoms with Crippen molar-refractivity contribution in [2.45, 2.75) is 34.3 Å². The largest absolute Gasteiger partial charge is 0.513 e. The van der Waals surface area contributed by atoms with Crippen LogP contribution in [0.15, 0.2) is 12.1 Å². The fraction of sp³-hybridized carbons (Fsp3) is 0.429. The van der Waals surface area contributed by atoms with Crippen LogP contribution < -0.4 is 4.74 Å². The predicted molar refractivity (Wildman–Crippen MR) is 69.0 cm³/mol. The van der Waals surface area contributed by atoms with Gasteiger partial charge in [-0.2, -0.15) is 0 Å². The Balaban J connectivity index is 2.85. The molecular weight excluding hydrogens is 248 g/mol. The molecule has 0 N–H and O–H groups in total. The van der Waals surface area contributed by atoms with Crippen molar-refractivity contribution in [3.63, 3.8) is 0 Å². The van der Waals surface area contributed by atoms with Crippen molar-refractivity contribution in [2.75, 3.05) is 6.61 Å².